The van der Waals surface area contributed by atoms with Gasteiger partial charge in [-0.25, -0.2) is 4.79 Å². The van der Waals surface area contributed by atoms with Gasteiger partial charge in [-0.3, -0.25) is 19.3 Å². The standard InChI is InChI=1S/C20H25N3O5.Na.H/c1-10(2)8-21-5-4-12(18(21)25)6-13-7-14-9-22(11(3)24)17-15(14)23(19(17)26)16(13)20(27)28;;/h6,10,14-15,17H,4-5,7-9H2,1-3H3,(H,27,28);;/q;+1;-1/b12-6+;;/t14-,15-,17+;;/m1../s1. The first-order valence-electron chi connectivity index (χ1n) is 9.77. The Balaban J connectivity index is 0.00000160. The smallest absolute Gasteiger partial charge is 1.00 e. The second-order valence-electron chi connectivity index (χ2n) is 8.52. The number of carboxylic acid groups (broad SMARTS) is 1. The number of rotatable bonds is 4. The predicted molar refractivity (Wildman–Crippen MR) is 99.8 cm³/mol. The molecule has 4 heterocycles. The molecule has 0 unspecified atom stereocenters. The maximum Gasteiger partial charge on any atom is 1.00 e. The Morgan fingerprint density at radius 2 is 2.00 bits per heavy atom. The van der Waals surface area contributed by atoms with E-state index in [4.69, 9.17) is 0 Å². The number of amides is 3. The van der Waals surface area contributed by atoms with Crippen molar-refractivity contribution in [3.05, 3.63) is 22.9 Å². The Morgan fingerprint density at radius 1 is 1.31 bits per heavy atom. The second-order valence-corrected chi connectivity index (χ2v) is 8.52. The second kappa shape index (κ2) is 7.89. The molecule has 152 valence electrons. The summed E-state index contributed by atoms with van der Waals surface area (Å²) in [7, 11) is 0. The summed E-state index contributed by atoms with van der Waals surface area (Å²) in [4.78, 5) is 53.8. The van der Waals surface area contributed by atoms with Gasteiger partial charge in [-0.1, -0.05) is 13.8 Å². The molecule has 4 aliphatic rings. The number of carbonyl (C=O) groups excluding carboxylic acids is 3. The third-order valence-corrected chi connectivity index (χ3v) is 6.14. The molecule has 0 aromatic heterocycles. The van der Waals surface area contributed by atoms with E-state index in [1.807, 2.05) is 13.8 Å². The topological polar surface area (TPSA) is 98.2 Å². The van der Waals surface area contributed by atoms with Crippen LogP contribution in [0.5, 0.6) is 0 Å². The molecule has 3 amide bonds. The number of likely N-dealkylation sites (tertiary alicyclic amines) is 2. The van der Waals surface area contributed by atoms with Crippen molar-refractivity contribution in [2.75, 3.05) is 19.6 Å². The van der Waals surface area contributed by atoms with Gasteiger partial charge in [0.25, 0.3) is 5.91 Å². The van der Waals surface area contributed by atoms with E-state index in [1.54, 1.807) is 15.9 Å². The fourth-order valence-corrected chi connectivity index (χ4v) is 5.05. The van der Waals surface area contributed by atoms with Crippen LogP contribution in [0.3, 0.4) is 0 Å². The van der Waals surface area contributed by atoms with Crippen LogP contribution in [0.1, 0.15) is 35.0 Å². The maximum atomic E-state index is 12.7. The van der Waals surface area contributed by atoms with Crippen LogP contribution >= 0.6 is 0 Å². The van der Waals surface area contributed by atoms with Crippen LogP contribution in [-0.4, -0.2) is 75.2 Å². The Kier molecular flexibility index (Phi) is 6.00. The predicted octanol–water partition coefficient (Wildman–Crippen LogP) is -2.28. The molecule has 1 N–H and O–H groups in total. The fourth-order valence-electron chi connectivity index (χ4n) is 5.05. The third kappa shape index (κ3) is 3.45. The summed E-state index contributed by atoms with van der Waals surface area (Å²) in [5, 5.41) is 9.77. The minimum absolute atomic E-state index is 0. The molecule has 9 heteroatoms. The number of carbonyl (C=O) groups is 4. The molecule has 4 aliphatic heterocycles. The van der Waals surface area contributed by atoms with Gasteiger partial charge in [0, 0.05) is 38.0 Å². The van der Waals surface area contributed by atoms with E-state index < -0.39 is 12.0 Å². The molecular weight excluding hydrogens is 385 g/mol. The van der Waals surface area contributed by atoms with Gasteiger partial charge in [-0.05, 0) is 30.4 Å². The normalized spacial score (nSPS) is 29.4. The summed E-state index contributed by atoms with van der Waals surface area (Å²) in [6.45, 7) is 7.28. The van der Waals surface area contributed by atoms with Crippen molar-refractivity contribution in [3.63, 3.8) is 0 Å². The van der Waals surface area contributed by atoms with E-state index >= 15 is 0 Å². The van der Waals surface area contributed by atoms with Crippen LogP contribution < -0.4 is 29.6 Å². The monoisotopic (exact) mass is 411 g/mol. The Labute approximate surface area is 193 Å². The summed E-state index contributed by atoms with van der Waals surface area (Å²) >= 11 is 0. The molecule has 0 aromatic rings. The Hall–Kier alpha value is -1.64. The SMILES string of the molecule is CC(=O)N1C[C@H]2CC(/C=C3\CCN(CC(C)C)C3=O)=C(C(=O)O)N3C(=O)[C@@H]1[C@@H]23.[H-].[Na+]. The Morgan fingerprint density at radius 3 is 2.59 bits per heavy atom. The molecule has 3 saturated heterocycles. The largest absolute Gasteiger partial charge is 1.00 e. The van der Waals surface area contributed by atoms with E-state index in [-0.39, 0.29) is 66.4 Å². The van der Waals surface area contributed by atoms with Gasteiger partial charge in [-0.15, -0.1) is 0 Å². The van der Waals surface area contributed by atoms with E-state index in [0.717, 1.165) is 0 Å². The number of aliphatic carboxylic acids is 1. The molecular formula is C20H26N3NaO5. The zero-order valence-corrected chi connectivity index (χ0v) is 19.3. The summed E-state index contributed by atoms with van der Waals surface area (Å²) in [6, 6.07) is -0.804. The van der Waals surface area contributed by atoms with Crippen molar-refractivity contribution >= 4 is 23.7 Å². The summed E-state index contributed by atoms with van der Waals surface area (Å²) < 4.78 is 0. The molecule has 29 heavy (non-hydrogen) atoms. The van der Waals surface area contributed by atoms with Crippen molar-refractivity contribution < 1.29 is 55.3 Å². The van der Waals surface area contributed by atoms with Crippen LogP contribution in [-0.2, 0) is 19.2 Å². The zero-order chi connectivity index (χ0) is 20.3. The van der Waals surface area contributed by atoms with E-state index in [9.17, 15) is 24.3 Å². The first-order chi connectivity index (χ1) is 13.2. The minimum atomic E-state index is -1.16. The van der Waals surface area contributed by atoms with Gasteiger partial charge in [0.15, 0.2) is 0 Å². The number of β-lactam (4-membered cyclic amide) rings is 1. The molecule has 8 nitrogen and oxygen atoms in total. The summed E-state index contributed by atoms with van der Waals surface area (Å²) in [5.41, 5.74) is 1.08. The van der Waals surface area contributed by atoms with E-state index in [0.29, 0.717) is 49.5 Å². The van der Waals surface area contributed by atoms with Gasteiger partial charge < -0.3 is 16.3 Å². The first kappa shape index (κ1) is 22.1. The molecule has 0 spiro atoms. The van der Waals surface area contributed by atoms with Crippen LogP contribution in [0.25, 0.3) is 0 Å². The average Bonchev–Trinajstić information content (AvgIpc) is 3.13. The van der Waals surface area contributed by atoms with E-state index in [1.165, 1.54) is 11.8 Å². The van der Waals surface area contributed by atoms with E-state index in [2.05, 4.69) is 0 Å². The molecule has 4 rings (SSSR count). The molecule has 0 bridgehead atoms. The zero-order valence-electron chi connectivity index (χ0n) is 18.3. The van der Waals surface area contributed by atoms with Gasteiger partial charge in [0.2, 0.25) is 11.8 Å². The van der Waals surface area contributed by atoms with Gasteiger partial charge in [0.05, 0.1) is 6.04 Å². The fraction of sp³-hybridized carbons (Fsp3) is 0.600. The van der Waals surface area contributed by atoms with Crippen molar-refractivity contribution in [3.8, 4) is 0 Å². The number of allylic oxidation sites excluding steroid dienone is 2. The molecule has 0 saturated carbocycles. The molecule has 0 radical (unpaired) electrons. The van der Waals surface area contributed by atoms with Crippen LogP contribution in [0.4, 0.5) is 0 Å². The summed E-state index contributed by atoms with van der Waals surface area (Å²) in [5.74, 6) is -1.36. The van der Waals surface area contributed by atoms with Crippen molar-refractivity contribution in [2.24, 2.45) is 11.8 Å². The van der Waals surface area contributed by atoms with Crippen LogP contribution in [0, 0.1) is 11.8 Å². The van der Waals surface area contributed by atoms with Gasteiger partial charge in [0.1, 0.15) is 11.7 Å². The van der Waals surface area contributed by atoms with Gasteiger partial charge >= 0.3 is 35.5 Å². The molecule has 0 aromatic carbocycles. The average molecular weight is 411 g/mol. The number of hydrogen-bond acceptors (Lipinski definition) is 4. The Bertz CT molecular complexity index is 855. The van der Waals surface area contributed by atoms with Gasteiger partial charge in [-0.2, -0.15) is 0 Å². The number of hydrogen-bond donors (Lipinski definition) is 1. The molecule has 3 fully saturated rings. The maximum absolute atomic E-state index is 12.7. The number of carboxylic acids is 1. The molecule has 3 atom stereocenters. The minimum Gasteiger partial charge on any atom is -1.00 e. The third-order valence-electron chi connectivity index (χ3n) is 6.14. The van der Waals surface area contributed by atoms with Crippen molar-refractivity contribution in [2.45, 2.75) is 45.7 Å². The summed E-state index contributed by atoms with van der Waals surface area (Å²) in [6.07, 6.45) is 2.71. The number of nitrogens with zero attached hydrogens (tertiary/aromatic N) is 3. The van der Waals surface area contributed by atoms with Crippen LogP contribution in [0.2, 0.25) is 0 Å². The van der Waals surface area contributed by atoms with Crippen molar-refractivity contribution in [1.29, 1.82) is 0 Å². The first-order valence-corrected chi connectivity index (χ1v) is 9.77. The quantitative estimate of drug-likeness (QED) is 0.319. The van der Waals surface area contributed by atoms with Crippen LogP contribution in [0.15, 0.2) is 22.9 Å². The molecule has 0 aliphatic carbocycles. The van der Waals surface area contributed by atoms with Crippen molar-refractivity contribution in [1.82, 2.24) is 14.7 Å².